The second kappa shape index (κ2) is 3.83. The van der Waals surface area contributed by atoms with Gasteiger partial charge in [0.05, 0.1) is 17.1 Å². The van der Waals surface area contributed by atoms with Crippen LogP contribution in [0.3, 0.4) is 0 Å². The highest BCUT2D eigenvalue weighted by Gasteiger charge is 2.00. The summed E-state index contributed by atoms with van der Waals surface area (Å²) in [6.07, 6.45) is 1.69. The van der Waals surface area contributed by atoms with Gasteiger partial charge in [0.2, 0.25) is 0 Å². The number of nitrogens with zero attached hydrogens (tertiary/aromatic N) is 1. The molecule has 1 aromatic rings. The van der Waals surface area contributed by atoms with E-state index in [9.17, 15) is 0 Å². The van der Waals surface area contributed by atoms with E-state index in [0.717, 1.165) is 11.3 Å². The fourth-order valence-corrected chi connectivity index (χ4v) is 1.04. The van der Waals surface area contributed by atoms with E-state index in [-0.39, 0.29) is 11.4 Å². The van der Waals surface area contributed by atoms with Crippen molar-refractivity contribution in [2.75, 3.05) is 0 Å². The topological polar surface area (TPSA) is 33.1 Å². The van der Waals surface area contributed by atoms with Crippen LogP contribution in [0.15, 0.2) is 18.3 Å². The number of aromatic nitrogens is 1. The summed E-state index contributed by atoms with van der Waals surface area (Å²) < 4.78 is 0. The molecule has 1 aromatic heterocycles. The third-order valence-corrected chi connectivity index (χ3v) is 1.91. The van der Waals surface area contributed by atoms with Gasteiger partial charge in [-0.15, -0.1) is 0 Å². The molecule has 1 heterocycles. The molecule has 0 radical (unpaired) electrons. The van der Waals surface area contributed by atoms with Gasteiger partial charge < -0.3 is 5.11 Å². The smallest absolute Gasteiger partial charge is 0.0696 e. The summed E-state index contributed by atoms with van der Waals surface area (Å²) >= 11 is 3.40. The maximum Gasteiger partial charge on any atom is 0.0696 e. The number of aliphatic hydroxyl groups excluding tert-OH is 1. The van der Waals surface area contributed by atoms with Crippen molar-refractivity contribution in [2.24, 2.45) is 0 Å². The van der Waals surface area contributed by atoms with Crippen molar-refractivity contribution in [3.8, 4) is 0 Å². The van der Waals surface area contributed by atoms with E-state index < -0.39 is 0 Å². The second-order valence-corrected chi connectivity index (χ2v) is 3.74. The van der Waals surface area contributed by atoms with Crippen LogP contribution in [0.4, 0.5) is 0 Å². The molecular formula is C8H10BrNO. The standard InChI is InChI=1S/C8H10BrNO/c1-6(9)8-3-2-7(5-11)4-10-8/h2-4,6,11H,5H2,1H3. The average molecular weight is 216 g/mol. The molecule has 11 heavy (non-hydrogen) atoms. The Bertz CT molecular complexity index is 220. The molecule has 0 aliphatic rings. The summed E-state index contributed by atoms with van der Waals surface area (Å²) in [6, 6.07) is 3.78. The first kappa shape index (κ1) is 8.68. The first-order valence-electron chi connectivity index (χ1n) is 3.44. The van der Waals surface area contributed by atoms with Crippen molar-refractivity contribution in [3.63, 3.8) is 0 Å². The van der Waals surface area contributed by atoms with Gasteiger partial charge in [-0.2, -0.15) is 0 Å². The Labute approximate surface area is 74.4 Å². The maximum absolute atomic E-state index is 8.72. The zero-order valence-electron chi connectivity index (χ0n) is 6.29. The van der Waals surface area contributed by atoms with Gasteiger partial charge in [0.1, 0.15) is 0 Å². The predicted molar refractivity (Wildman–Crippen MR) is 47.5 cm³/mol. The van der Waals surface area contributed by atoms with Crippen molar-refractivity contribution in [3.05, 3.63) is 29.6 Å². The van der Waals surface area contributed by atoms with Crippen molar-refractivity contribution < 1.29 is 5.11 Å². The summed E-state index contributed by atoms with van der Waals surface area (Å²) in [7, 11) is 0. The van der Waals surface area contributed by atoms with Crippen LogP contribution in [-0.2, 0) is 6.61 Å². The van der Waals surface area contributed by atoms with Crippen molar-refractivity contribution in [1.29, 1.82) is 0 Å². The lowest BCUT2D eigenvalue weighted by atomic mass is 10.2. The fraction of sp³-hybridized carbons (Fsp3) is 0.375. The van der Waals surface area contributed by atoms with Crippen LogP contribution in [-0.4, -0.2) is 10.1 Å². The van der Waals surface area contributed by atoms with E-state index >= 15 is 0 Å². The van der Waals surface area contributed by atoms with Gasteiger partial charge in [-0.25, -0.2) is 0 Å². The van der Waals surface area contributed by atoms with Gasteiger partial charge in [0.15, 0.2) is 0 Å². The number of hydrogen-bond acceptors (Lipinski definition) is 2. The number of hydrogen-bond donors (Lipinski definition) is 1. The third kappa shape index (κ3) is 2.27. The Balaban J connectivity index is 2.83. The number of rotatable bonds is 2. The van der Waals surface area contributed by atoms with Gasteiger partial charge >= 0.3 is 0 Å². The van der Waals surface area contributed by atoms with E-state index in [4.69, 9.17) is 5.11 Å². The van der Waals surface area contributed by atoms with E-state index in [2.05, 4.69) is 20.9 Å². The molecule has 0 saturated heterocycles. The highest BCUT2D eigenvalue weighted by Crippen LogP contribution is 2.18. The predicted octanol–water partition coefficient (Wildman–Crippen LogP) is 2.03. The molecule has 0 bridgehead atoms. The molecule has 1 N–H and O–H groups in total. The maximum atomic E-state index is 8.72. The zero-order chi connectivity index (χ0) is 8.27. The Kier molecular flexibility index (Phi) is 3.02. The molecule has 0 aliphatic carbocycles. The molecule has 3 heteroatoms. The minimum atomic E-state index is 0.0595. The minimum Gasteiger partial charge on any atom is -0.392 e. The Morgan fingerprint density at radius 2 is 2.36 bits per heavy atom. The lowest BCUT2D eigenvalue weighted by Gasteiger charge is -2.02. The summed E-state index contributed by atoms with van der Waals surface area (Å²) in [5, 5.41) is 8.72. The third-order valence-electron chi connectivity index (χ3n) is 1.44. The summed E-state index contributed by atoms with van der Waals surface area (Å²) in [4.78, 5) is 4.42. The zero-order valence-corrected chi connectivity index (χ0v) is 7.87. The number of aliphatic hydroxyl groups is 1. The average Bonchev–Trinajstić information content (AvgIpc) is 2.05. The second-order valence-electron chi connectivity index (χ2n) is 2.37. The molecule has 0 aliphatic heterocycles. The van der Waals surface area contributed by atoms with Crippen molar-refractivity contribution in [1.82, 2.24) is 4.98 Å². The first-order valence-corrected chi connectivity index (χ1v) is 4.35. The Morgan fingerprint density at radius 3 is 2.73 bits per heavy atom. The molecule has 2 nitrogen and oxygen atoms in total. The van der Waals surface area contributed by atoms with E-state index in [1.165, 1.54) is 0 Å². The van der Waals surface area contributed by atoms with Crippen molar-refractivity contribution in [2.45, 2.75) is 18.4 Å². The van der Waals surface area contributed by atoms with Crippen LogP contribution in [0.2, 0.25) is 0 Å². The monoisotopic (exact) mass is 215 g/mol. The van der Waals surface area contributed by atoms with Crippen LogP contribution in [0.25, 0.3) is 0 Å². The molecule has 0 fully saturated rings. The summed E-state index contributed by atoms with van der Waals surface area (Å²) in [5.74, 6) is 0. The van der Waals surface area contributed by atoms with Crippen molar-refractivity contribution >= 4 is 15.9 Å². The van der Waals surface area contributed by atoms with Crippen LogP contribution in [0, 0.1) is 0 Å². The van der Waals surface area contributed by atoms with Crippen LogP contribution < -0.4 is 0 Å². The van der Waals surface area contributed by atoms with Gasteiger partial charge in [0, 0.05) is 6.20 Å². The quantitative estimate of drug-likeness (QED) is 0.767. The summed E-state index contributed by atoms with van der Waals surface area (Å²) in [5.41, 5.74) is 1.84. The first-order chi connectivity index (χ1) is 5.24. The SMILES string of the molecule is CC(Br)c1ccc(CO)cn1. The molecule has 1 atom stereocenters. The molecular weight excluding hydrogens is 206 g/mol. The van der Waals surface area contributed by atoms with Crippen LogP contribution >= 0.6 is 15.9 Å². The van der Waals surface area contributed by atoms with Crippen LogP contribution in [0.5, 0.6) is 0 Å². The molecule has 1 rings (SSSR count). The van der Waals surface area contributed by atoms with Gasteiger partial charge in [-0.1, -0.05) is 22.0 Å². The molecule has 0 amide bonds. The van der Waals surface area contributed by atoms with Crippen LogP contribution in [0.1, 0.15) is 23.0 Å². The van der Waals surface area contributed by atoms with Gasteiger partial charge in [0.25, 0.3) is 0 Å². The van der Waals surface area contributed by atoms with Gasteiger partial charge in [-0.3, -0.25) is 4.98 Å². The molecule has 1 unspecified atom stereocenters. The molecule has 60 valence electrons. The molecule has 0 aromatic carbocycles. The van der Waals surface area contributed by atoms with E-state index in [1.807, 2.05) is 19.1 Å². The highest BCUT2D eigenvalue weighted by molar-refractivity contribution is 9.09. The number of pyridine rings is 1. The molecule has 0 spiro atoms. The lowest BCUT2D eigenvalue weighted by Crippen LogP contribution is -1.91. The lowest BCUT2D eigenvalue weighted by molar-refractivity contribution is 0.281. The Hall–Kier alpha value is -0.410. The number of alkyl halides is 1. The largest absolute Gasteiger partial charge is 0.392 e. The van der Waals surface area contributed by atoms with E-state index in [1.54, 1.807) is 6.20 Å². The van der Waals surface area contributed by atoms with Gasteiger partial charge in [-0.05, 0) is 18.6 Å². The minimum absolute atomic E-state index is 0.0595. The fourth-order valence-electron chi connectivity index (χ4n) is 0.765. The Morgan fingerprint density at radius 1 is 1.64 bits per heavy atom. The highest BCUT2D eigenvalue weighted by atomic mass is 79.9. The normalized spacial score (nSPS) is 13.0. The molecule has 0 saturated carbocycles. The summed E-state index contributed by atoms with van der Waals surface area (Å²) in [6.45, 7) is 2.07. The van der Waals surface area contributed by atoms with E-state index in [0.29, 0.717) is 0 Å². The number of halogens is 1.